The molecule has 2 aromatic rings. The molecule has 4 rings (SSSR count). The van der Waals surface area contributed by atoms with E-state index < -0.39 is 0 Å². The lowest BCUT2D eigenvalue weighted by Gasteiger charge is -2.35. The van der Waals surface area contributed by atoms with Crippen LogP contribution < -0.4 is 0 Å². The zero-order valence-corrected chi connectivity index (χ0v) is 11.9. The summed E-state index contributed by atoms with van der Waals surface area (Å²) in [4.78, 5) is 11.7. The fourth-order valence-corrected chi connectivity index (χ4v) is 4.17. The predicted molar refractivity (Wildman–Crippen MR) is 76.1 cm³/mol. The highest BCUT2D eigenvalue weighted by Crippen LogP contribution is 2.43. The van der Waals surface area contributed by atoms with Crippen LogP contribution in [0.5, 0.6) is 0 Å². The van der Waals surface area contributed by atoms with Crippen LogP contribution in [0.4, 0.5) is 0 Å². The first-order valence-electron chi connectivity index (χ1n) is 6.90. The van der Waals surface area contributed by atoms with Gasteiger partial charge in [0, 0.05) is 36.8 Å². The van der Waals surface area contributed by atoms with Gasteiger partial charge in [0.05, 0.1) is 5.69 Å². The second kappa shape index (κ2) is 4.39. The highest BCUT2D eigenvalue weighted by molar-refractivity contribution is 7.07. The van der Waals surface area contributed by atoms with E-state index in [1.165, 1.54) is 29.7 Å². The molecule has 0 saturated carbocycles. The lowest BCUT2D eigenvalue weighted by molar-refractivity contribution is 0.166. The summed E-state index contributed by atoms with van der Waals surface area (Å²) in [6, 6.07) is 3.45. The summed E-state index contributed by atoms with van der Waals surface area (Å²) < 4.78 is 0. The molecule has 0 aliphatic carbocycles. The molecule has 1 saturated heterocycles. The third-order valence-electron chi connectivity index (χ3n) is 4.40. The minimum atomic E-state index is 0.536. The number of aromatic nitrogens is 2. The Labute approximate surface area is 117 Å². The topological polar surface area (TPSA) is 29.0 Å². The van der Waals surface area contributed by atoms with Crippen LogP contribution in [0, 0.1) is 6.92 Å². The Balaban J connectivity index is 1.68. The van der Waals surface area contributed by atoms with Crippen LogP contribution in [0.25, 0.3) is 0 Å². The van der Waals surface area contributed by atoms with Crippen LogP contribution >= 0.6 is 11.3 Å². The molecule has 0 N–H and O–H groups in total. The number of hydrogen-bond acceptors (Lipinski definition) is 4. The Kier molecular flexibility index (Phi) is 2.67. The zero-order valence-electron chi connectivity index (χ0n) is 11.0. The summed E-state index contributed by atoms with van der Waals surface area (Å²) in [6.07, 6.45) is 5.71. The molecular weight excluding hydrogens is 254 g/mol. The maximum atomic E-state index is 4.65. The highest BCUT2D eigenvalue weighted by atomic mass is 32.1. The van der Waals surface area contributed by atoms with Gasteiger partial charge in [0.1, 0.15) is 5.82 Å². The van der Waals surface area contributed by atoms with Crippen molar-refractivity contribution in [1.82, 2.24) is 14.9 Å². The molecule has 2 bridgehead atoms. The predicted octanol–water partition coefficient (Wildman–Crippen LogP) is 3.11. The van der Waals surface area contributed by atoms with Crippen LogP contribution in [0.2, 0.25) is 0 Å². The number of hydrogen-bond donors (Lipinski definition) is 0. The number of aryl methyl sites for hydroxylation is 1. The monoisotopic (exact) mass is 271 g/mol. The number of nitrogens with zero attached hydrogens (tertiary/aromatic N) is 3. The van der Waals surface area contributed by atoms with Crippen molar-refractivity contribution in [2.24, 2.45) is 0 Å². The highest BCUT2D eigenvalue weighted by Gasteiger charge is 2.40. The van der Waals surface area contributed by atoms with Crippen molar-refractivity contribution < 1.29 is 0 Å². The zero-order chi connectivity index (χ0) is 12.8. The van der Waals surface area contributed by atoms with Crippen LogP contribution in [0.15, 0.2) is 23.0 Å². The molecule has 0 amide bonds. The van der Waals surface area contributed by atoms with Gasteiger partial charge >= 0.3 is 0 Å². The molecule has 2 aliphatic heterocycles. The molecule has 2 aromatic heterocycles. The van der Waals surface area contributed by atoms with Crippen molar-refractivity contribution in [3.05, 3.63) is 45.7 Å². The standard InChI is InChI=1S/C15H17N3S/c1-10-16-7-13-14(17-10)6-12-2-3-15(13)18(12)8-11-4-5-19-9-11/h4-5,7,9,12,15H,2-3,6,8H2,1H3. The van der Waals surface area contributed by atoms with Gasteiger partial charge in [-0.3, -0.25) is 4.90 Å². The molecule has 0 aromatic carbocycles. The maximum Gasteiger partial charge on any atom is 0.125 e. The molecule has 0 spiro atoms. The summed E-state index contributed by atoms with van der Waals surface area (Å²) in [5.41, 5.74) is 4.11. The van der Waals surface area contributed by atoms with Crippen LogP contribution in [-0.4, -0.2) is 20.9 Å². The summed E-state index contributed by atoms with van der Waals surface area (Å²) in [5.74, 6) is 0.907. The average molecular weight is 271 g/mol. The average Bonchev–Trinajstić information content (AvgIpc) is 2.99. The van der Waals surface area contributed by atoms with E-state index in [-0.39, 0.29) is 0 Å². The Morgan fingerprint density at radius 1 is 1.42 bits per heavy atom. The Bertz CT molecular complexity index is 593. The van der Waals surface area contributed by atoms with E-state index in [0.29, 0.717) is 12.1 Å². The van der Waals surface area contributed by atoms with E-state index in [2.05, 4.69) is 37.9 Å². The molecule has 98 valence electrons. The summed E-state index contributed by atoms with van der Waals surface area (Å²) in [5, 5.41) is 4.43. The number of rotatable bonds is 2. The van der Waals surface area contributed by atoms with Crippen LogP contribution in [0.3, 0.4) is 0 Å². The molecule has 0 radical (unpaired) electrons. The van der Waals surface area contributed by atoms with E-state index >= 15 is 0 Å². The van der Waals surface area contributed by atoms with Crippen molar-refractivity contribution in [3.8, 4) is 0 Å². The molecule has 4 heterocycles. The lowest BCUT2D eigenvalue weighted by Crippen LogP contribution is -2.37. The summed E-state index contributed by atoms with van der Waals surface area (Å²) in [7, 11) is 0. The van der Waals surface area contributed by atoms with Gasteiger partial charge in [-0.05, 0) is 42.2 Å². The van der Waals surface area contributed by atoms with Crippen molar-refractivity contribution in [2.75, 3.05) is 0 Å². The normalized spacial score (nSPS) is 25.5. The van der Waals surface area contributed by atoms with E-state index in [1.54, 1.807) is 11.3 Å². The van der Waals surface area contributed by atoms with Crippen molar-refractivity contribution in [1.29, 1.82) is 0 Å². The van der Waals surface area contributed by atoms with E-state index in [0.717, 1.165) is 18.8 Å². The first kappa shape index (κ1) is 11.6. The Morgan fingerprint density at radius 2 is 2.37 bits per heavy atom. The quantitative estimate of drug-likeness (QED) is 0.840. The number of thiophene rings is 1. The molecule has 2 atom stereocenters. The molecular formula is C15H17N3S. The fraction of sp³-hybridized carbons (Fsp3) is 0.467. The van der Waals surface area contributed by atoms with Gasteiger partial charge in [-0.25, -0.2) is 9.97 Å². The van der Waals surface area contributed by atoms with Crippen molar-refractivity contribution in [3.63, 3.8) is 0 Å². The maximum absolute atomic E-state index is 4.65. The molecule has 3 nitrogen and oxygen atoms in total. The fourth-order valence-electron chi connectivity index (χ4n) is 3.51. The largest absolute Gasteiger partial charge is 0.289 e. The first-order chi connectivity index (χ1) is 9.31. The van der Waals surface area contributed by atoms with Gasteiger partial charge in [-0.2, -0.15) is 11.3 Å². The smallest absolute Gasteiger partial charge is 0.125 e. The van der Waals surface area contributed by atoms with Crippen LogP contribution in [0.1, 0.15) is 41.5 Å². The Hall–Kier alpha value is -1.26. The van der Waals surface area contributed by atoms with Crippen molar-refractivity contribution in [2.45, 2.75) is 44.8 Å². The number of fused-ring (bicyclic) bond motifs is 4. The van der Waals surface area contributed by atoms with E-state index in [9.17, 15) is 0 Å². The van der Waals surface area contributed by atoms with Gasteiger partial charge in [-0.15, -0.1) is 0 Å². The second-order valence-corrected chi connectivity index (χ2v) is 6.35. The van der Waals surface area contributed by atoms with Gasteiger partial charge in [-0.1, -0.05) is 0 Å². The van der Waals surface area contributed by atoms with E-state index in [1.807, 2.05) is 6.92 Å². The third kappa shape index (κ3) is 1.90. The van der Waals surface area contributed by atoms with Crippen molar-refractivity contribution >= 4 is 11.3 Å². The summed E-state index contributed by atoms with van der Waals surface area (Å²) >= 11 is 1.79. The van der Waals surface area contributed by atoms with Gasteiger partial charge < -0.3 is 0 Å². The first-order valence-corrected chi connectivity index (χ1v) is 7.85. The van der Waals surface area contributed by atoms with Crippen LogP contribution in [-0.2, 0) is 13.0 Å². The molecule has 2 aliphatic rings. The lowest BCUT2D eigenvalue weighted by atomic mass is 9.99. The second-order valence-electron chi connectivity index (χ2n) is 5.57. The third-order valence-corrected chi connectivity index (χ3v) is 5.13. The minimum absolute atomic E-state index is 0.536. The van der Waals surface area contributed by atoms with Gasteiger partial charge in [0.15, 0.2) is 0 Å². The molecule has 2 unspecified atom stereocenters. The van der Waals surface area contributed by atoms with Gasteiger partial charge in [0.25, 0.3) is 0 Å². The molecule has 19 heavy (non-hydrogen) atoms. The van der Waals surface area contributed by atoms with E-state index in [4.69, 9.17) is 0 Å². The molecule has 1 fully saturated rings. The molecule has 4 heteroatoms. The SMILES string of the molecule is Cc1ncc2c(n1)CC1CCC2N1Cc1ccsc1. The van der Waals surface area contributed by atoms with Gasteiger partial charge in [0.2, 0.25) is 0 Å². The minimum Gasteiger partial charge on any atom is -0.289 e. The Morgan fingerprint density at radius 3 is 3.21 bits per heavy atom. The summed E-state index contributed by atoms with van der Waals surface area (Å²) in [6.45, 7) is 3.06.